The molecule has 0 aromatic carbocycles. The number of fused-ring (bicyclic) bond motifs is 2. The van der Waals surface area contributed by atoms with E-state index in [9.17, 15) is 15.0 Å². The Hall–Kier alpha value is -3.01. The average Bonchev–Trinajstić information content (AvgIpc) is 3.69. The second kappa shape index (κ2) is 10.0. The molecule has 6 heterocycles. The summed E-state index contributed by atoms with van der Waals surface area (Å²) >= 11 is 1.94. The quantitative estimate of drug-likeness (QED) is 0.178. The van der Waals surface area contributed by atoms with E-state index in [1.54, 1.807) is 9.25 Å². The summed E-state index contributed by atoms with van der Waals surface area (Å²) in [6.07, 6.45) is 5.85. The summed E-state index contributed by atoms with van der Waals surface area (Å²) in [6, 6.07) is 0.477. The molecule has 6 rings (SSSR count). The van der Waals surface area contributed by atoms with Crippen LogP contribution in [0.15, 0.2) is 18.9 Å². The number of aryl methyl sites for hydroxylation is 1. The molecule has 198 valence electrons. The van der Waals surface area contributed by atoms with Crippen molar-refractivity contribution in [1.82, 2.24) is 45.1 Å². The molecule has 0 aliphatic carbocycles. The van der Waals surface area contributed by atoms with Crippen LogP contribution in [0.4, 0.5) is 10.6 Å². The van der Waals surface area contributed by atoms with Gasteiger partial charge in [0.2, 0.25) is 0 Å². The molecule has 3 aliphatic rings. The number of unbranched alkanes of at least 4 members (excludes halogenated alkanes) is 2. The predicted octanol–water partition coefficient (Wildman–Crippen LogP) is -0.412. The van der Waals surface area contributed by atoms with E-state index in [2.05, 4.69) is 35.9 Å². The van der Waals surface area contributed by atoms with Crippen molar-refractivity contribution in [3.8, 4) is 0 Å². The van der Waals surface area contributed by atoms with Gasteiger partial charge in [0.05, 0.1) is 30.6 Å². The fourth-order valence-corrected chi connectivity index (χ4v) is 6.91. The molecule has 3 fully saturated rings. The highest BCUT2D eigenvalue weighted by Gasteiger charge is 2.45. The Morgan fingerprint density at radius 1 is 1.16 bits per heavy atom. The number of nitrogens with two attached hydrogens (primary N) is 1. The van der Waals surface area contributed by atoms with E-state index in [-0.39, 0.29) is 30.5 Å². The molecule has 37 heavy (non-hydrogen) atoms. The lowest BCUT2D eigenvalue weighted by atomic mass is 10.0. The molecule has 3 aromatic heterocycles. The third-order valence-corrected chi connectivity index (χ3v) is 8.82. The van der Waals surface area contributed by atoms with Crippen molar-refractivity contribution in [3.63, 3.8) is 0 Å². The zero-order valence-corrected chi connectivity index (χ0v) is 20.9. The van der Waals surface area contributed by atoms with Crippen LogP contribution in [0.2, 0.25) is 0 Å². The molecule has 3 aliphatic heterocycles. The van der Waals surface area contributed by atoms with Crippen LogP contribution >= 0.6 is 11.8 Å². The smallest absolute Gasteiger partial charge is 0.315 e. The number of nitrogen functional groups attached to an aromatic ring is 1. The fraction of sp³-hybridized carbons (Fsp3) is 0.636. The predicted molar refractivity (Wildman–Crippen MR) is 133 cm³/mol. The van der Waals surface area contributed by atoms with Gasteiger partial charge in [-0.2, -0.15) is 11.8 Å². The van der Waals surface area contributed by atoms with Gasteiger partial charge in [-0.15, -0.1) is 5.10 Å². The molecule has 0 radical (unpaired) electrons. The van der Waals surface area contributed by atoms with Crippen molar-refractivity contribution in [1.29, 1.82) is 0 Å². The number of nitrogens with one attached hydrogen (secondary N) is 2. The largest absolute Gasteiger partial charge is 0.387 e. The van der Waals surface area contributed by atoms with E-state index in [1.165, 1.54) is 12.7 Å². The van der Waals surface area contributed by atoms with Crippen LogP contribution in [0, 0.1) is 0 Å². The highest BCUT2D eigenvalue weighted by Crippen LogP contribution is 2.34. The molecular weight excluding hydrogens is 500 g/mol. The first-order chi connectivity index (χ1) is 18.0. The number of urea groups is 1. The highest BCUT2D eigenvalue weighted by atomic mass is 32.2. The van der Waals surface area contributed by atoms with Crippen LogP contribution in [0.1, 0.15) is 37.6 Å². The Morgan fingerprint density at radius 3 is 2.95 bits per heavy atom. The number of rotatable bonds is 9. The Kier molecular flexibility index (Phi) is 6.60. The van der Waals surface area contributed by atoms with Crippen LogP contribution in [-0.4, -0.2) is 92.2 Å². The third kappa shape index (κ3) is 4.71. The van der Waals surface area contributed by atoms with Crippen molar-refractivity contribution in [2.75, 3.05) is 11.5 Å². The molecule has 0 spiro atoms. The van der Waals surface area contributed by atoms with Crippen molar-refractivity contribution < 1.29 is 19.7 Å². The molecule has 7 atom stereocenters. The number of carbonyl (C=O) groups excluding carboxylic acids is 1. The standard InChI is InChI=1S/C22H30N10O4S/c23-19-16-20(25-9-24-19)32(10-26-16)21-18(34)17(33)13(36-21)7-31-6-11(29-30-31)4-2-1-3-5-14-15-12(8-37-14)27-22(35)28-15/h6,9-10,12-15,17-18,21,33-34H,1-5,7-8H2,(H2,23,24,25)(H2,27,28,35)/t12-,13+,14-,15-,17+,18+,21+/m0/s1. The maximum absolute atomic E-state index is 11.5. The average molecular weight is 531 g/mol. The zero-order chi connectivity index (χ0) is 25.5. The molecule has 0 bridgehead atoms. The number of aliphatic hydroxyl groups excluding tert-OH is 2. The van der Waals surface area contributed by atoms with Crippen molar-refractivity contribution in [3.05, 3.63) is 24.5 Å². The molecule has 6 N–H and O–H groups in total. The van der Waals surface area contributed by atoms with Crippen LogP contribution in [0.5, 0.6) is 0 Å². The van der Waals surface area contributed by atoms with E-state index >= 15 is 0 Å². The number of imidazole rings is 1. The van der Waals surface area contributed by atoms with Gasteiger partial charge >= 0.3 is 6.03 Å². The van der Waals surface area contributed by atoms with Crippen LogP contribution in [0.3, 0.4) is 0 Å². The van der Waals surface area contributed by atoms with Crippen LogP contribution in [0.25, 0.3) is 11.2 Å². The number of ether oxygens (including phenoxy) is 1. The van der Waals surface area contributed by atoms with E-state index in [4.69, 9.17) is 10.5 Å². The maximum Gasteiger partial charge on any atom is 0.315 e. The molecule has 3 aromatic rings. The first kappa shape index (κ1) is 24.3. The van der Waals surface area contributed by atoms with Gasteiger partial charge in [-0.3, -0.25) is 4.57 Å². The van der Waals surface area contributed by atoms with E-state index in [0.717, 1.165) is 43.6 Å². The third-order valence-electron chi connectivity index (χ3n) is 7.31. The molecule has 3 saturated heterocycles. The number of thioether (sulfide) groups is 1. The minimum atomic E-state index is -1.18. The summed E-state index contributed by atoms with van der Waals surface area (Å²) in [4.78, 5) is 23.8. The summed E-state index contributed by atoms with van der Waals surface area (Å²) in [5.41, 5.74) is 7.55. The minimum Gasteiger partial charge on any atom is -0.387 e. The van der Waals surface area contributed by atoms with Gasteiger partial charge in [0.25, 0.3) is 0 Å². The van der Waals surface area contributed by atoms with Gasteiger partial charge < -0.3 is 31.3 Å². The Bertz CT molecular complexity index is 1270. The Morgan fingerprint density at radius 2 is 2.05 bits per heavy atom. The van der Waals surface area contributed by atoms with Crippen LogP contribution in [-0.2, 0) is 17.7 Å². The summed E-state index contributed by atoms with van der Waals surface area (Å²) in [5.74, 6) is 1.21. The number of amides is 2. The van der Waals surface area contributed by atoms with Gasteiger partial charge in [-0.05, 0) is 19.3 Å². The molecule has 2 amide bonds. The molecule has 15 heteroatoms. The topological polar surface area (TPSA) is 191 Å². The van der Waals surface area contributed by atoms with Gasteiger partial charge in [-0.1, -0.05) is 18.1 Å². The first-order valence-electron chi connectivity index (χ1n) is 12.5. The lowest BCUT2D eigenvalue weighted by Crippen LogP contribution is -2.36. The number of hydrogen-bond acceptors (Lipinski definition) is 11. The number of anilines is 1. The second-order valence-electron chi connectivity index (χ2n) is 9.78. The monoisotopic (exact) mass is 530 g/mol. The van der Waals surface area contributed by atoms with Gasteiger partial charge in [-0.25, -0.2) is 24.4 Å². The second-order valence-corrected chi connectivity index (χ2v) is 11.1. The fourth-order valence-electron chi connectivity index (χ4n) is 5.36. The lowest BCUT2D eigenvalue weighted by Gasteiger charge is -2.16. The van der Waals surface area contributed by atoms with Crippen molar-refractivity contribution >= 4 is 34.8 Å². The van der Waals surface area contributed by atoms with Crippen molar-refractivity contribution in [2.24, 2.45) is 0 Å². The van der Waals surface area contributed by atoms with E-state index in [0.29, 0.717) is 16.4 Å². The summed E-state index contributed by atoms with van der Waals surface area (Å²) in [6.45, 7) is 0.243. The summed E-state index contributed by atoms with van der Waals surface area (Å²) in [5, 5.41) is 36.2. The normalized spacial score (nSPS) is 31.1. The Labute approximate surface area is 216 Å². The number of hydrogen-bond donors (Lipinski definition) is 5. The molecule has 0 saturated carbocycles. The van der Waals surface area contributed by atoms with Crippen LogP contribution < -0.4 is 16.4 Å². The lowest BCUT2D eigenvalue weighted by molar-refractivity contribution is -0.0403. The SMILES string of the molecule is Nc1ncnc2c1ncn2[C@@H]1O[C@H](Cn2cc(CCCCC[C@@H]3SC[C@@H]4NC(=O)N[C@@H]43)nn2)[C@@H](O)[C@H]1O. The van der Waals surface area contributed by atoms with Gasteiger partial charge in [0.1, 0.15) is 30.2 Å². The molecule has 0 unspecified atom stereocenters. The summed E-state index contributed by atoms with van der Waals surface area (Å²) in [7, 11) is 0. The van der Waals surface area contributed by atoms with E-state index in [1.807, 2.05) is 18.0 Å². The number of nitrogens with zero attached hydrogens (tertiary/aromatic N) is 7. The first-order valence-corrected chi connectivity index (χ1v) is 13.5. The number of aromatic nitrogens is 7. The molecule has 14 nitrogen and oxygen atoms in total. The van der Waals surface area contributed by atoms with Gasteiger partial charge in [0.15, 0.2) is 17.7 Å². The number of carbonyl (C=O) groups is 1. The highest BCUT2D eigenvalue weighted by molar-refractivity contribution is 8.00. The van der Waals surface area contributed by atoms with Crippen molar-refractivity contribution in [2.45, 2.75) is 80.5 Å². The number of aliphatic hydroxyl groups is 2. The van der Waals surface area contributed by atoms with Gasteiger partial charge in [0, 0.05) is 17.2 Å². The summed E-state index contributed by atoms with van der Waals surface area (Å²) < 4.78 is 9.18. The maximum atomic E-state index is 11.5. The Balaban J connectivity index is 0.983. The zero-order valence-electron chi connectivity index (χ0n) is 20.1. The minimum absolute atomic E-state index is 0.0427. The van der Waals surface area contributed by atoms with E-state index < -0.39 is 24.5 Å². The molecular formula is C22H30N10O4S.